The Morgan fingerprint density at radius 2 is 1.93 bits per heavy atom. The van der Waals surface area contributed by atoms with Gasteiger partial charge in [-0.3, -0.25) is 4.79 Å². The molecule has 148 valence electrons. The van der Waals surface area contributed by atoms with Crippen molar-refractivity contribution >= 4 is 28.7 Å². The largest absolute Gasteiger partial charge is 1.00 e. The second-order valence-corrected chi connectivity index (χ2v) is 6.80. The lowest BCUT2D eigenvalue weighted by Gasteiger charge is -2.11. The summed E-state index contributed by atoms with van der Waals surface area (Å²) in [5, 5.41) is 0.329. The Morgan fingerprint density at radius 3 is 2.64 bits per heavy atom. The van der Waals surface area contributed by atoms with Gasteiger partial charge in [-0.1, -0.05) is 18.2 Å². The first kappa shape index (κ1) is 21.8. The normalized spacial score (nSPS) is 11.5. The van der Waals surface area contributed by atoms with E-state index in [1.807, 2.05) is 24.5 Å². The van der Waals surface area contributed by atoms with Crippen molar-refractivity contribution in [1.82, 2.24) is 0 Å². The minimum absolute atomic E-state index is 0. The van der Waals surface area contributed by atoms with Gasteiger partial charge in [-0.25, -0.2) is 4.79 Å². The summed E-state index contributed by atoms with van der Waals surface area (Å²) in [6, 6.07) is 12.8. The first-order chi connectivity index (χ1) is 13.1. The van der Waals surface area contributed by atoms with Crippen LogP contribution in [0.2, 0.25) is 0 Å². The fourth-order valence-electron chi connectivity index (χ4n) is 2.39. The van der Waals surface area contributed by atoms with Crippen LogP contribution in [-0.2, 0) is 4.79 Å². The number of benzene rings is 2. The van der Waals surface area contributed by atoms with Gasteiger partial charge >= 0.3 is 5.97 Å². The van der Waals surface area contributed by atoms with Crippen LogP contribution in [0.3, 0.4) is 0 Å². The molecule has 0 bridgehead atoms. The number of nitrogens with two attached hydrogens (primary N) is 1. The van der Waals surface area contributed by atoms with Gasteiger partial charge in [0.2, 0.25) is 11.2 Å². The van der Waals surface area contributed by atoms with Crippen LogP contribution in [0, 0.1) is 0 Å². The smallest absolute Gasteiger partial charge is 0.328 e. The molecule has 0 aliphatic rings. The van der Waals surface area contributed by atoms with E-state index in [-0.39, 0.29) is 29.3 Å². The summed E-state index contributed by atoms with van der Waals surface area (Å²) < 4.78 is 16.3. The third-order valence-electron chi connectivity index (χ3n) is 3.84. The summed E-state index contributed by atoms with van der Waals surface area (Å²) in [5.41, 5.74) is 5.79. The molecule has 0 fully saturated rings. The zero-order valence-electron chi connectivity index (χ0n) is 15.1. The van der Waals surface area contributed by atoms with E-state index in [4.69, 9.17) is 19.6 Å². The second kappa shape index (κ2) is 10.2. The Bertz CT molecular complexity index is 993. The van der Waals surface area contributed by atoms with E-state index in [2.05, 4.69) is 0 Å². The number of fused-ring (bicyclic) bond motifs is 1. The number of para-hydroxylation sites is 1. The van der Waals surface area contributed by atoms with Crippen LogP contribution in [0.15, 0.2) is 64.0 Å². The Kier molecular flexibility index (Phi) is 7.92. The van der Waals surface area contributed by atoms with Crippen molar-refractivity contribution in [2.75, 3.05) is 12.0 Å². The van der Waals surface area contributed by atoms with E-state index < -0.39 is 12.0 Å². The number of carbonyl (C=O) groups is 1. The maximum absolute atomic E-state index is 12.6. The number of rotatable bonds is 7. The molecule has 3 aromatic rings. The molecule has 6 nitrogen and oxygen atoms in total. The van der Waals surface area contributed by atoms with E-state index in [0.717, 1.165) is 5.75 Å². The van der Waals surface area contributed by atoms with Crippen LogP contribution in [-0.4, -0.2) is 24.0 Å². The van der Waals surface area contributed by atoms with E-state index >= 15 is 0 Å². The highest BCUT2D eigenvalue weighted by atomic mass is 35.5. The molecule has 1 aromatic heterocycles. The molecule has 0 aliphatic heterocycles. The Labute approximate surface area is 172 Å². The zero-order chi connectivity index (χ0) is 19.2. The Balaban J connectivity index is 0.00000280. The van der Waals surface area contributed by atoms with Crippen LogP contribution in [0.4, 0.5) is 0 Å². The van der Waals surface area contributed by atoms with Gasteiger partial charge in [-0.15, -0.1) is 0 Å². The van der Waals surface area contributed by atoms with Crippen molar-refractivity contribution in [2.45, 2.75) is 12.5 Å². The molecule has 1 atom stereocenters. The van der Waals surface area contributed by atoms with Gasteiger partial charge in [0.05, 0.1) is 5.39 Å². The average molecular weight is 421 g/mol. The zero-order valence-corrected chi connectivity index (χ0v) is 16.7. The molecule has 28 heavy (non-hydrogen) atoms. The first-order valence-corrected chi connectivity index (χ1v) is 9.72. The van der Waals surface area contributed by atoms with Crippen molar-refractivity contribution in [1.29, 1.82) is 0 Å². The van der Waals surface area contributed by atoms with Crippen molar-refractivity contribution in [2.24, 2.45) is 5.73 Å². The van der Waals surface area contributed by atoms with Crippen molar-refractivity contribution in [3.63, 3.8) is 0 Å². The van der Waals surface area contributed by atoms with Crippen molar-refractivity contribution in [3.05, 3.63) is 65.0 Å². The van der Waals surface area contributed by atoms with Gasteiger partial charge < -0.3 is 32.0 Å². The maximum Gasteiger partial charge on any atom is 0.328 e. The lowest BCUT2D eigenvalue weighted by Crippen LogP contribution is -3.00. The molecule has 0 radical (unpaired) electrons. The molecule has 1 unspecified atom stereocenters. The standard InChI is InChI=1S/C20H19NO5S.ClH/c1-27-10-9-16(21)20(23)26-14-7-8-15-17(11-14)24-12-18(19(15)22)25-13-5-3-2-4-6-13;/h2-8,11-12,16H,9-10,21H2,1H3;1H/p-1. The topological polar surface area (TPSA) is 91.8 Å². The number of halogens is 1. The highest BCUT2D eigenvalue weighted by Crippen LogP contribution is 2.24. The summed E-state index contributed by atoms with van der Waals surface area (Å²) >= 11 is 1.61. The maximum atomic E-state index is 12.6. The molecular weight excluding hydrogens is 402 g/mol. The summed E-state index contributed by atoms with van der Waals surface area (Å²) in [6.45, 7) is 0. The highest BCUT2D eigenvalue weighted by molar-refractivity contribution is 7.98. The van der Waals surface area contributed by atoms with Crippen LogP contribution in [0.25, 0.3) is 11.0 Å². The fourth-order valence-corrected chi connectivity index (χ4v) is 2.88. The monoisotopic (exact) mass is 420 g/mol. The lowest BCUT2D eigenvalue weighted by atomic mass is 10.2. The van der Waals surface area contributed by atoms with Gasteiger partial charge in [0.1, 0.15) is 29.4 Å². The predicted octanol–water partition coefficient (Wildman–Crippen LogP) is 0.575. The number of hydrogen-bond donors (Lipinski definition) is 1. The molecule has 0 saturated heterocycles. The van der Waals surface area contributed by atoms with E-state index in [1.165, 1.54) is 24.5 Å². The van der Waals surface area contributed by atoms with Crippen LogP contribution >= 0.6 is 11.8 Å². The summed E-state index contributed by atoms with van der Waals surface area (Å²) in [5.74, 6) is 1.14. The minimum Gasteiger partial charge on any atom is -1.00 e. The molecule has 8 heteroatoms. The van der Waals surface area contributed by atoms with E-state index in [0.29, 0.717) is 23.1 Å². The van der Waals surface area contributed by atoms with Gasteiger partial charge in [-0.2, -0.15) is 11.8 Å². The minimum atomic E-state index is -0.693. The van der Waals surface area contributed by atoms with E-state index in [9.17, 15) is 9.59 Å². The summed E-state index contributed by atoms with van der Waals surface area (Å²) in [4.78, 5) is 24.6. The molecule has 0 spiro atoms. The third kappa shape index (κ3) is 5.28. The third-order valence-corrected chi connectivity index (χ3v) is 4.48. The van der Waals surface area contributed by atoms with Crippen molar-refractivity contribution < 1.29 is 31.1 Å². The van der Waals surface area contributed by atoms with Crippen LogP contribution in [0.1, 0.15) is 6.42 Å². The molecule has 3 rings (SSSR count). The molecule has 0 saturated carbocycles. The second-order valence-electron chi connectivity index (χ2n) is 5.81. The molecule has 0 amide bonds. The lowest BCUT2D eigenvalue weighted by molar-refractivity contribution is -0.135. The quantitative estimate of drug-likeness (QED) is 0.441. The van der Waals surface area contributed by atoms with Crippen molar-refractivity contribution in [3.8, 4) is 17.2 Å². The van der Waals surface area contributed by atoms with Crippen LogP contribution in [0.5, 0.6) is 17.2 Å². The number of thioether (sulfide) groups is 1. The Hall–Kier alpha value is -2.48. The molecule has 1 heterocycles. The SMILES string of the molecule is CSCCC(N)C(=O)Oc1ccc2c(=O)c(Oc3ccccc3)coc2c1.[Cl-]. The molecule has 2 aromatic carbocycles. The highest BCUT2D eigenvalue weighted by Gasteiger charge is 2.17. The van der Waals surface area contributed by atoms with Gasteiger partial charge in [0.25, 0.3) is 0 Å². The molecule has 0 aliphatic carbocycles. The summed E-state index contributed by atoms with van der Waals surface area (Å²) in [7, 11) is 0. The van der Waals surface area contributed by atoms with Gasteiger partial charge in [-0.05, 0) is 42.7 Å². The predicted molar refractivity (Wildman–Crippen MR) is 106 cm³/mol. The van der Waals surface area contributed by atoms with E-state index in [1.54, 1.807) is 23.9 Å². The Morgan fingerprint density at radius 1 is 1.18 bits per heavy atom. The van der Waals surface area contributed by atoms with Gasteiger partial charge in [0.15, 0.2) is 0 Å². The van der Waals surface area contributed by atoms with Gasteiger partial charge in [0, 0.05) is 6.07 Å². The first-order valence-electron chi connectivity index (χ1n) is 8.33. The number of ether oxygens (including phenoxy) is 2. The number of carbonyl (C=O) groups excluding carboxylic acids is 1. The average Bonchev–Trinajstić information content (AvgIpc) is 2.69. The van der Waals surface area contributed by atoms with Crippen LogP contribution < -0.4 is 33.0 Å². The number of hydrogen-bond acceptors (Lipinski definition) is 7. The molecular formula is C20H19ClNO5S-. The molecule has 2 N–H and O–H groups in total. The summed E-state index contributed by atoms with van der Waals surface area (Å²) in [6.07, 6.45) is 3.72. The number of esters is 1. The fraction of sp³-hybridized carbons (Fsp3) is 0.200.